The second kappa shape index (κ2) is 6.82. The Kier molecular flexibility index (Phi) is 5.34. The van der Waals surface area contributed by atoms with E-state index in [1.165, 1.54) is 17.5 Å². The zero-order valence-electron chi connectivity index (χ0n) is 12.9. The predicted molar refractivity (Wildman–Crippen MR) is 85.9 cm³/mol. The molecule has 0 spiro atoms. The van der Waals surface area contributed by atoms with E-state index in [1.807, 2.05) is 6.07 Å². The van der Waals surface area contributed by atoms with Crippen LogP contribution in [-0.2, 0) is 12.8 Å². The van der Waals surface area contributed by atoms with Crippen molar-refractivity contribution in [2.45, 2.75) is 46.5 Å². The van der Waals surface area contributed by atoms with Crippen molar-refractivity contribution in [2.75, 3.05) is 19.7 Å². The van der Waals surface area contributed by atoms with Crippen LogP contribution in [0.15, 0.2) is 12.1 Å². The molecule has 0 saturated carbocycles. The van der Waals surface area contributed by atoms with E-state index in [4.69, 9.17) is 16.3 Å². The molecule has 0 atom stereocenters. The van der Waals surface area contributed by atoms with Gasteiger partial charge in [0.1, 0.15) is 5.75 Å². The fourth-order valence-corrected chi connectivity index (χ4v) is 2.96. The summed E-state index contributed by atoms with van der Waals surface area (Å²) in [5.74, 6) is 1.09. The summed E-state index contributed by atoms with van der Waals surface area (Å²) in [7, 11) is 0. The second-order valence-corrected chi connectivity index (χ2v) is 6.93. The average Bonchev–Trinajstić information content (AvgIpc) is 2.84. The molecule has 1 aliphatic rings. The molecule has 0 aliphatic carbocycles. The van der Waals surface area contributed by atoms with E-state index in [-0.39, 0.29) is 0 Å². The lowest BCUT2D eigenvalue weighted by Crippen LogP contribution is -2.30. The van der Waals surface area contributed by atoms with Crippen LogP contribution >= 0.6 is 11.6 Å². The number of nitrogens with one attached hydrogen (secondary N) is 1. The van der Waals surface area contributed by atoms with Crippen molar-refractivity contribution >= 4 is 11.6 Å². The molecule has 0 unspecified atom stereocenters. The quantitative estimate of drug-likeness (QED) is 0.760. The molecule has 2 nitrogen and oxygen atoms in total. The molecule has 1 aromatic rings. The molecule has 2 rings (SSSR count). The van der Waals surface area contributed by atoms with Crippen molar-refractivity contribution in [3.05, 3.63) is 28.3 Å². The SMILES string of the molecule is CCCNCC(C)(C)CCc1cc(Cl)cc2c1OCC2. The first-order valence-corrected chi connectivity index (χ1v) is 8.04. The Morgan fingerprint density at radius 2 is 2.15 bits per heavy atom. The van der Waals surface area contributed by atoms with Gasteiger partial charge in [-0.15, -0.1) is 0 Å². The normalized spacial score (nSPS) is 14.2. The summed E-state index contributed by atoms with van der Waals surface area (Å²) in [6, 6.07) is 4.11. The minimum atomic E-state index is 0.295. The van der Waals surface area contributed by atoms with Gasteiger partial charge in [-0.2, -0.15) is 0 Å². The largest absolute Gasteiger partial charge is 0.493 e. The lowest BCUT2D eigenvalue weighted by Gasteiger charge is -2.25. The van der Waals surface area contributed by atoms with Gasteiger partial charge in [0.15, 0.2) is 0 Å². The molecular formula is C17H26ClNO. The van der Waals surface area contributed by atoms with Crippen LogP contribution in [0.3, 0.4) is 0 Å². The van der Waals surface area contributed by atoms with Gasteiger partial charge < -0.3 is 10.1 Å². The second-order valence-electron chi connectivity index (χ2n) is 6.49. The van der Waals surface area contributed by atoms with Crippen LogP contribution in [-0.4, -0.2) is 19.7 Å². The van der Waals surface area contributed by atoms with Crippen LogP contribution in [0.5, 0.6) is 5.75 Å². The van der Waals surface area contributed by atoms with Gasteiger partial charge in [0.25, 0.3) is 0 Å². The van der Waals surface area contributed by atoms with Gasteiger partial charge >= 0.3 is 0 Å². The zero-order valence-corrected chi connectivity index (χ0v) is 13.6. The average molecular weight is 296 g/mol. The van der Waals surface area contributed by atoms with Crippen LogP contribution < -0.4 is 10.1 Å². The molecule has 1 N–H and O–H groups in total. The molecule has 1 heterocycles. The molecule has 0 saturated heterocycles. The third kappa shape index (κ3) is 4.13. The van der Waals surface area contributed by atoms with Gasteiger partial charge in [0.05, 0.1) is 6.61 Å². The number of benzene rings is 1. The fourth-order valence-electron chi connectivity index (χ4n) is 2.70. The van der Waals surface area contributed by atoms with Gasteiger partial charge in [0, 0.05) is 18.0 Å². The van der Waals surface area contributed by atoms with Gasteiger partial charge in [-0.3, -0.25) is 0 Å². The Balaban J connectivity index is 1.97. The first-order valence-electron chi connectivity index (χ1n) is 7.66. The number of aryl methyl sites for hydroxylation is 1. The summed E-state index contributed by atoms with van der Waals surface area (Å²) in [5.41, 5.74) is 2.84. The van der Waals surface area contributed by atoms with Gasteiger partial charge in [-0.05, 0) is 54.5 Å². The Hall–Kier alpha value is -0.730. The molecule has 0 aromatic heterocycles. The number of hydrogen-bond acceptors (Lipinski definition) is 2. The molecular weight excluding hydrogens is 270 g/mol. The monoisotopic (exact) mass is 295 g/mol. The van der Waals surface area contributed by atoms with Crippen LogP contribution in [0.4, 0.5) is 0 Å². The van der Waals surface area contributed by atoms with Crippen LogP contribution in [0.1, 0.15) is 44.7 Å². The van der Waals surface area contributed by atoms with E-state index in [2.05, 4.69) is 32.2 Å². The van der Waals surface area contributed by atoms with Crippen molar-refractivity contribution in [1.29, 1.82) is 0 Å². The van der Waals surface area contributed by atoms with Gasteiger partial charge in [-0.25, -0.2) is 0 Å². The molecule has 1 aromatic carbocycles. The fraction of sp³-hybridized carbons (Fsp3) is 0.647. The standard InChI is InChI=1S/C17H26ClNO/c1-4-8-19-12-17(2,3)7-5-13-10-15(18)11-14-6-9-20-16(13)14/h10-11,19H,4-9,12H2,1-3H3. The molecule has 20 heavy (non-hydrogen) atoms. The maximum Gasteiger partial charge on any atom is 0.125 e. The minimum Gasteiger partial charge on any atom is -0.493 e. The van der Waals surface area contributed by atoms with Gasteiger partial charge in [-0.1, -0.05) is 32.4 Å². The summed E-state index contributed by atoms with van der Waals surface area (Å²) in [5, 5.41) is 4.36. The molecule has 0 fully saturated rings. The summed E-state index contributed by atoms with van der Waals surface area (Å²) < 4.78 is 5.77. The highest BCUT2D eigenvalue weighted by Crippen LogP contribution is 2.35. The summed E-state index contributed by atoms with van der Waals surface area (Å²) in [4.78, 5) is 0. The van der Waals surface area contributed by atoms with Gasteiger partial charge in [0.2, 0.25) is 0 Å². The van der Waals surface area contributed by atoms with E-state index in [9.17, 15) is 0 Å². The predicted octanol–water partition coefficient (Wildman–Crippen LogP) is 4.23. The maximum atomic E-state index is 6.21. The lowest BCUT2D eigenvalue weighted by molar-refractivity contribution is 0.310. The number of halogens is 1. The van der Waals surface area contributed by atoms with Crippen LogP contribution in [0.2, 0.25) is 5.02 Å². The Bertz CT molecular complexity index is 457. The lowest BCUT2D eigenvalue weighted by atomic mass is 9.85. The highest BCUT2D eigenvalue weighted by molar-refractivity contribution is 6.30. The molecule has 0 radical (unpaired) electrons. The highest BCUT2D eigenvalue weighted by atomic mass is 35.5. The van der Waals surface area contributed by atoms with E-state index in [0.29, 0.717) is 5.41 Å². The zero-order chi connectivity index (χ0) is 14.6. The third-order valence-corrected chi connectivity index (χ3v) is 4.15. The topological polar surface area (TPSA) is 21.3 Å². The number of fused-ring (bicyclic) bond motifs is 1. The van der Waals surface area contributed by atoms with Crippen molar-refractivity contribution in [1.82, 2.24) is 5.32 Å². The number of ether oxygens (including phenoxy) is 1. The third-order valence-electron chi connectivity index (χ3n) is 3.93. The summed E-state index contributed by atoms with van der Waals surface area (Å²) in [6.45, 7) is 9.79. The Labute approximate surface area is 127 Å². The maximum absolute atomic E-state index is 6.21. The van der Waals surface area contributed by atoms with Crippen LogP contribution in [0.25, 0.3) is 0 Å². The molecule has 1 aliphatic heterocycles. The Morgan fingerprint density at radius 1 is 1.35 bits per heavy atom. The van der Waals surface area contributed by atoms with Crippen molar-refractivity contribution < 1.29 is 4.74 Å². The summed E-state index contributed by atoms with van der Waals surface area (Å²) in [6.07, 6.45) is 4.35. The van der Waals surface area contributed by atoms with Crippen molar-refractivity contribution in [2.24, 2.45) is 5.41 Å². The Morgan fingerprint density at radius 3 is 2.90 bits per heavy atom. The van der Waals surface area contributed by atoms with Crippen molar-refractivity contribution in [3.63, 3.8) is 0 Å². The number of rotatable bonds is 7. The highest BCUT2D eigenvalue weighted by Gasteiger charge is 2.21. The molecule has 0 amide bonds. The minimum absolute atomic E-state index is 0.295. The van der Waals surface area contributed by atoms with E-state index < -0.39 is 0 Å². The van der Waals surface area contributed by atoms with Crippen LogP contribution in [0, 0.1) is 5.41 Å². The van der Waals surface area contributed by atoms with E-state index in [0.717, 1.165) is 49.7 Å². The van der Waals surface area contributed by atoms with Crippen molar-refractivity contribution in [3.8, 4) is 5.75 Å². The molecule has 112 valence electrons. The summed E-state index contributed by atoms with van der Waals surface area (Å²) >= 11 is 6.21. The number of hydrogen-bond donors (Lipinski definition) is 1. The first kappa shape index (κ1) is 15.7. The molecule has 3 heteroatoms. The van der Waals surface area contributed by atoms with E-state index in [1.54, 1.807) is 0 Å². The molecule has 0 bridgehead atoms. The first-order chi connectivity index (χ1) is 9.52. The smallest absolute Gasteiger partial charge is 0.125 e. The van der Waals surface area contributed by atoms with E-state index >= 15 is 0 Å².